The molecule has 0 bridgehead atoms. The number of thiophene rings is 1. The van der Waals surface area contributed by atoms with E-state index >= 15 is 0 Å². The zero-order chi connectivity index (χ0) is 15.0. The number of sulfonamides is 1. The minimum absolute atomic E-state index is 0.0723. The van der Waals surface area contributed by atoms with Gasteiger partial charge in [-0.05, 0) is 37.8 Å². The number of aliphatic hydroxyl groups is 1. The number of rotatable bonds is 3. The standard InChI is InChI=1S/C13H22N2O3S2/c1-13(2,3)14-4-6-15(7-5-14)20(17,18)12-8-11(9-16)10-19-12/h8,10,16H,4-7,9H2,1-3H3. The maximum absolute atomic E-state index is 12.5. The van der Waals surface area contributed by atoms with Crippen molar-refractivity contribution in [1.82, 2.24) is 9.21 Å². The van der Waals surface area contributed by atoms with Crippen molar-refractivity contribution in [2.45, 2.75) is 37.1 Å². The lowest BCUT2D eigenvalue weighted by atomic mass is 10.1. The van der Waals surface area contributed by atoms with E-state index < -0.39 is 10.0 Å². The summed E-state index contributed by atoms with van der Waals surface area (Å²) in [4.78, 5) is 2.30. The fraction of sp³-hybridized carbons (Fsp3) is 0.692. The first-order valence-corrected chi connectivity index (χ1v) is 9.00. The van der Waals surface area contributed by atoms with Crippen molar-refractivity contribution in [2.75, 3.05) is 26.2 Å². The topological polar surface area (TPSA) is 60.9 Å². The van der Waals surface area contributed by atoms with Crippen LogP contribution in [0, 0.1) is 0 Å². The van der Waals surface area contributed by atoms with E-state index in [1.807, 2.05) is 0 Å². The molecule has 0 saturated carbocycles. The molecule has 20 heavy (non-hydrogen) atoms. The molecule has 7 heteroatoms. The van der Waals surface area contributed by atoms with E-state index in [0.29, 0.717) is 22.9 Å². The van der Waals surface area contributed by atoms with Crippen LogP contribution in [0.3, 0.4) is 0 Å². The average molecular weight is 318 g/mol. The molecule has 1 N–H and O–H groups in total. The van der Waals surface area contributed by atoms with Gasteiger partial charge in [0.1, 0.15) is 4.21 Å². The second-order valence-corrected chi connectivity index (χ2v) is 9.07. The van der Waals surface area contributed by atoms with E-state index in [-0.39, 0.29) is 12.1 Å². The van der Waals surface area contributed by atoms with E-state index in [1.165, 1.54) is 11.3 Å². The molecule has 1 aromatic heterocycles. The summed E-state index contributed by atoms with van der Waals surface area (Å²) in [6.07, 6.45) is 0. The lowest BCUT2D eigenvalue weighted by Gasteiger charge is -2.41. The van der Waals surface area contributed by atoms with Crippen molar-refractivity contribution >= 4 is 21.4 Å². The Hall–Kier alpha value is -0.470. The lowest BCUT2D eigenvalue weighted by molar-refractivity contribution is 0.0922. The second kappa shape index (κ2) is 5.73. The van der Waals surface area contributed by atoms with Crippen LogP contribution in [0.5, 0.6) is 0 Å². The van der Waals surface area contributed by atoms with E-state index in [9.17, 15) is 8.42 Å². The van der Waals surface area contributed by atoms with Crippen LogP contribution in [-0.4, -0.2) is 54.4 Å². The van der Waals surface area contributed by atoms with Gasteiger partial charge in [0.05, 0.1) is 6.61 Å². The maximum atomic E-state index is 12.5. The molecule has 0 spiro atoms. The highest BCUT2D eigenvalue weighted by molar-refractivity contribution is 7.91. The van der Waals surface area contributed by atoms with Gasteiger partial charge in [0.25, 0.3) is 10.0 Å². The molecular weight excluding hydrogens is 296 g/mol. The van der Waals surface area contributed by atoms with Gasteiger partial charge in [-0.1, -0.05) is 0 Å². The molecule has 1 aromatic rings. The lowest BCUT2D eigenvalue weighted by Crippen LogP contribution is -2.54. The highest BCUT2D eigenvalue weighted by Gasteiger charge is 2.32. The van der Waals surface area contributed by atoms with E-state index in [4.69, 9.17) is 5.11 Å². The fourth-order valence-corrected chi connectivity index (χ4v) is 5.07. The Kier molecular flexibility index (Phi) is 4.56. The Labute approximate surface area is 124 Å². The molecule has 0 atom stereocenters. The Morgan fingerprint density at radius 3 is 2.30 bits per heavy atom. The molecule has 2 rings (SSSR count). The summed E-state index contributed by atoms with van der Waals surface area (Å²) in [6.45, 7) is 8.85. The van der Waals surface area contributed by atoms with Gasteiger partial charge in [-0.2, -0.15) is 4.31 Å². The minimum atomic E-state index is -3.41. The van der Waals surface area contributed by atoms with Crippen LogP contribution in [-0.2, 0) is 16.6 Å². The van der Waals surface area contributed by atoms with Gasteiger partial charge in [-0.15, -0.1) is 11.3 Å². The van der Waals surface area contributed by atoms with Crippen LogP contribution in [0.2, 0.25) is 0 Å². The van der Waals surface area contributed by atoms with Gasteiger partial charge in [0.2, 0.25) is 0 Å². The summed E-state index contributed by atoms with van der Waals surface area (Å²) in [6, 6.07) is 1.57. The summed E-state index contributed by atoms with van der Waals surface area (Å²) in [5, 5.41) is 10.7. The Bertz CT molecular complexity index is 552. The molecule has 0 amide bonds. The van der Waals surface area contributed by atoms with Crippen LogP contribution in [0.4, 0.5) is 0 Å². The molecule has 5 nitrogen and oxygen atoms in total. The molecule has 114 valence electrons. The first-order chi connectivity index (χ1) is 9.25. The van der Waals surface area contributed by atoms with Gasteiger partial charge < -0.3 is 5.11 Å². The molecule has 1 fully saturated rings. The van der Waals surface area contributed by atoms with Gasteiger partial charge in [0, 0.05) is 31.7 Å². The van der Waals surface area contributed by atoms with Crippen LogP contribution in [0.1, 0.15) is 26.3 Å². The van der Waals surface area contributed by atoms with Gasteiger partial charge in [0.15, 0.2) is 0 Å². The van der Waals surface area contributed by atoms with Crippen LogP contribution >= 0.6 is 11.3 Å². The van der Waals surface area contributed by atoms with Crippen molar-refractivity contribution in [1.29, 1.82) is 0 Å². The predicted molar refractivity (Wildman–Crippen MR) is 80.3 cm³/mol. The second-order valence-electron chi connectivity index (χ2n) is 5.99. The number of piperazine rings is 1. The van der Waals surface area contributed by atoms with E-state index in [0.717, 1.165) is 13.1 Å². The zero-order valence-electron chi connectivity index (χ0n) is 12.2. The summed E-state index contributed by atoms with van der Waals surface area (Å²) < 4.78 is 26.9. The Balaban J connectivity index is 2.09. The number of hydrogen-bond donors (Lipinski definition) is 1. The van der Waals surface area contributed by atoms with Crippen molar-refractivity contribution in [2.24, 2.45) is 0 Å². The van der Waals surface area contributed by atoms with Gasteiger partial charge in [-0.25, -0.2) is 8.42 Å². The number of nitrogens with zero attached hydrogens (tertiary/aromatic N) is 2. The van der Waals surface area contributed by atoms with E-state index in [2.05, 4.69) is 25.7 Å². The van der Waals surface area contributed by atoms with Crippen molar-refractivity contribution in [3.63, 3.8) is 0 Å². The average Bonchev–Trinajstić information content (AvgIpc) is 2.87. The monoisotopic (exact) mass is 318 g/mol. The largest absolute Gasteiger partial charge is 0.392 e. The summed E-state index contributed by atoms with van der Waals surface area (Å²) >= 11 is 1.18. The third-order valence-electron chi connectivity index (χ3n) is 3.59. The maximum Gasteiger partial charge on any atom is 0.252 e. The molecule has 1 aliphatic heterocycles. The molecule has 1 saturated heterocycles. The van der Waals surface area contributed by atoms with Crippen molar-refractivity contribution in [3.05, 3.63) is 17.0 Å². The first-order valence-electron chi connectivity index (χ1n) is 6.68. The van der Waals surface area contributed by atoms with Crippen LogP contribution in [0.15, 0.2) is 15.7 Å². The van der Waals surface area contributed by atoms with Crippen LogP contribution < -0.4 is 0 Å². The fourth-order valence-electron chi connectivity index (χ4n) is 2.30. The van der Waals surface area contributed by atoms with Crippen LogP contribution in [0.25, 0.3) is 0 Å². The third-order valence-corrected chi connectivity index (χ3v) is 6.96. The smallest absolute Gasteiger partial charge is 0.252 e. The SMILES string of the molecule is CC(C)(C)N1CCN(S(=O)(=O)c2cc(CO)cs2)CC1. The van der Waals surface area contributed by atoms with Gasteiger partial charge in [-0.3, -0.25) is 4.90 Å². The normalized spacial score (nSPS) is 19.4. The highest BCUT2D eigenvalue weighted by Crippen LogP contribution is 2.26. The molecule has 0 aliphatic carbocycles. The molecule has 0 aromatic carbocycles. The minimum Gasteiger partial charge on any atom is -0.392 e. The highest BCUT2D eigenvalue weighted by atomic mass is 32.2. The van der Waals surface area contributed by atoms with E-state index in [1.54, 1.807) is 15.8 Å². The van der Waals surface area contributed by atoms with Gasteiger partial charge >= 0.3 is 0 Å². The first kappa shape index (κ1) is 15.9. The molecule has 0 unspecified atom stereocenters. The molecular formula is C13H22N2O3S2. The predicted octanol–water partition coefficient (Wildman–Crippen LogP) is 1.35. The van der Waals surface area contributed by atoms with Crippen molar-refractivity contribution in [3.8, 4) is 0 Å². The number of hydrogen-bond acceptors (Lipinski definition) is 5. The number of aliphatic hydroxyl groups excluding tert-OH is 1. The summed E-state index contributed by atoms with van der Waals surface area (Å²) in [7, 11) is -3.41. The third kappa shape index (κ3) is 3.23. The summed E-state index contributed by atoms with van der Waals surface area (Å²) in [5.74, 6) is 0. The Morgan fingerprint density at radius 1 is 1.25 bits per heavy atom. The molecule has 0 radical (unpaired) electrons. The zero-order valence-corrected chi connectivity index (χ0v) is 13.8. The summed E-state index contributed by atoms with van der Waals surface area (Å²) in [5.41, 5.74) is 0.727. The Morgan fingerprint density at radius 2 is 1.85 bits per heavy atom. The molecule has 2 heterocycles. The quantitative estimate of drug-likeness (QED) is 0.914. The molecule has 1 aliphatic rings. The van der Waals surface area contributed by atoms with Crippen molar-refractivity contribution < 1.29 is 13.5 Å².